The van der Waals surface area contributed by atoms with E-state index in [4.69, 9.17) is 0 Å². The van der Waals surface area contributed by atoms with Crippen molar-refractivity contribution in [2.24, 2.45) is 5.41 Å². The van der Waals surface area contributed by atoms with Gasteiger partial charge in [-0.15, -0.1) is 6.58 Å². The molecule has 18 heavy (non-hydrogen) atoms. The van der Waals surface area contributed by atoms with Gasteiger partial charge in [-0.1, -0.05) is 44.2 Å². The Morgan fingerprint density at radius 2 is 2.00 bits per heavy atom. The maximum Gasteiger partial charge on any atom is 0.258 e. The molecule has 0 atom stereocenters. The zero-order valence-corrected chi connectivity index (χ0v) is 11.3. The standard InChI is InChI=1S/C16H20NO/c1-5-12-16(2,3)13-11-15(18)17(4)14-9-7-6-8-10-14/h5-10,13H,1,12H2,2-4H3. The monoisotopic (exact) mass is 242 g/mol. The number of allylic oxidation sites excluding steroid dienone is 2. The minimum absolute atomic E-state index is 0.0884. The van der Waals surface area contributed by atoms with Crippen LogP contribution in [0.15, 0.2) is 49.1 Å². The summed E-state index contributed by atoms with van der Waals surface area (Å²) >= 11 is 0. The fourth-order valence-corrected chi connectivity index (χ4v) is 1.55. The fourth-order valence-electron chi connectivity index (χ4n) is 1.55. The Balaban J connectivity index is 2.72. The predicted molar refractivity (Wildman–Crippen MR) is 76.3 cm³/mol. The molecule has 0 spiro atoms. The molecule has 1 aromatic rings. The SMILES string of the molecule is C=CCC(C)(C)C=[C]C(=O)N(C)c1ccccc1. The average molecular weight is 242 g/mol. The van der Waals surface area contributed by atoms with E-state index in [2.05, 4.69) is 26.5 Å². The normalized spacial score (nSPS) is 11.5. The number of hydrogen-bond acceptors (Lipinski definition) is 1. The highest BCUT2D eigenvalue weighted by Crippen LogP contribution is 2.22. The Morgan fingerprint density at radius 1 is 1.39 bits per heavy atom. The van der Waals surface area contributed by atoms with Gasteiger partial charge in [0.15, 0.2) is 0 Å². The number of anilines is 1. The Morgan fingerprint density at radius 3 is 2.56 bits per heavy atom. The average Bonchev–Trinajstić information content (AvgIpc) is 2.36. The molecule has 2 heteroatoms. The van der Waals surface area contributed by atoms with E-state index < -0.39 is 0 Å². The smallest absolute Gasteiger partial charge is 0.258 e. The van der Waals surface area contributed by atoms with Gasteiger partial charge in [0, 0.05) is 18.8 Å². The van der Waals surface area contributed by atoms with Crippen LogP contribution >= 0.6 is 0 Å². The molecule has 0 aliphatic carbocycles. The van der Waals surface area contributed by atoms with Crippen molar-refractivity contribution in [3.63, 3.8) is 0 Å². The molecule has 0 aliphatic rings. The minimum Gasteiger partial charge on any atom is -0.311 e. The molecule has 0 aromatic heterocycles. The number of para-hydroxylation sites is 1. The van der Waals surface area contributed by atoms with Crippen molar-refractivity contribution < 1.29 is 4.79 Å². The number of likely N-dealkylation sites (N-methyl/N-ethyl adjacent to an activating group) is 1. The second-order valence-corrected chi connectivity index (χ2v) is 4.97. The van der Waals surface area contributed by atoms with Gasteiger partial charge < -0.3 is 4.90 Å². The van der Waals surface area contributed by atoms with Gasteiger partial charge in [0.2, 0.25) is 0 Å². The van der Waals surface area contributed by atoms with Gasteiger partial charge in [0.1, 0.15) is 0 Å². The lowest BCUT2D eigenvalue weighted by Crippen LogP contribution is -2.25. The summed E-state index contributed by atoms with van der Waals surface area (Å²) in [5.41, 5.74) is 0.777. The molecular weight excluding hydrogens is 222 g/mol. The maximum absolute atomic E-state index is 12.0. The summed E-state index contributed by atoms with van der Waals surface area (Å²) in [6.07, 6.45) is 7.31. The van der Waals surface area contributed by atoms with Gasteiger partial charge in [-0.05, 0) is 24.0 Å². The first-order valence-electron chi connectivity index (χ1n) is 6.01. The van der Waals surface area contributed by atoms with E-state index in [9.17, 15) is 4.79 Å². The third kappa shape index (κ3) is 4.21. The lowest BCUT2D eigenvalue weighted by atomic mass is 9.89. The molecule has 1 amide bonds. The van der Waals surface area contributed by atoms with Gasteiger partial charge in [-0.2, -0.15) is 0 Å². The van der Waals surface area contributed by atoms with Gasteiger partial charge in [0.25, 0.3) is 5.91 Å². The number of carbonyl (C=O) groups is 1. The molecule has 1 rings (SSSR count). The lowest BCUT2D eigenvalue weighted by Gasteiger charge is -2.18. The topological polar surface area (TPSA) is 20.3 Å². The van der Waals surface area contributed by atoms with Gasteiger partial charge in [0.05, 0.1) is 0 Å². The third-order valence-electron chi connectivity index (χ3n) is 2.70. The molecule has 0 bridgehead atoms. The summed E-state index contributed by atoms with van der Waals surface area (Å²) in [7, 11) is 1.75. The van der Waals surface area contributed by atoms with E-state index in [-0.39, 0.29) is 11.3 Å². The first-order chi connectivity index (χ1) is 8.46. The lowest BCUT2D eigenvalue weighted by molar-refractivity contribution is -0.114. The Hall–Kier alpha value is -1.83. The van der Waals surface area contributed by atoms with E-state index in [1.165, 1.54) is 0 Å². The molecule has 0 saturated heterocycles. The molecule has 0 N–H and O–H groups in total. The molecule has 0 unspecified atom stereocenters. The molecule has 2 nitrogen and oxygen atoms in total. The molecule has 0 aliphatic heterocycles. The molecule has 0 heterocycles. The number of carbonyl (C=O) groups excluding carboxylic acids is 1. The van der Waals surface area contributed by atoms with Crippen LogP contribution in [0.3, 0.4) is 0 Å². The highest BCUT2D eigenvalue weighted by atomic mass is 16.2. The highest BCUT2D eigenvalue weighted by molar-refractivity contribution is 5.97. The van der Waals surface area contributed by atoms with Crippen molar-refractivity contribution in [2.45, 2.75) is 20.3 Å². The molecule has 0 saturated carbocycles. The number of rotatable bonds is 5. The van der Waals surface area contributed by atoms with E-state index in [1.54, 1.807) is 11.9 Å². The second-order valence-electron chi connectivity index (χ2n) is 4.97. The van der Waals surface area contributed by atoms with Crippen molar-refractivity contribution in [3.05, 3.63) is 55.1 Å². The van der Waals surface area contributed by atoms with Crippen molar-refractivity contribution >= 4 is 11.6 Å². The van der Waals surface area contributed by atoms with Gasteiger partial charge in [-0.3, -0.25) is 4.79 Å². The fraction of sp³-hybridized carbons (Fsp3) is 0.312. The Bertz CT molecular complexity index is 432. The van der Waals surface area contributed by atoms with Crippen molar-refractivity contribution in [2.75, 3.05) is 11.9 Å². The molecular formula is C16H20NO. The third-order valence-corrected chi connectivity index (χ3v) is 2.70. The summed E-state index contributed by atoms with van der Waals surface area (Å²) in [6.45, 7) is 7.82. The van der Waals surface area contributed by atoms with Crippen LogP contribution < -0.4 is 4.90 Å². The number of nitrogens with zero attached hydrogens (tertiary/aromatic N) is 1. The van der Waals surface area contributed by atoms with Crippen LogP contribution in [0, 0.1) is 11.5 Å². The first-order valence-corrected chi connectivity index (χ1v) is 6.01. The maximum atomic E-state index is 12.0. The summed E-state index contributed by atoms with van der Waals surface area (Å²) in [4.78, 5) is 13.5. The van der Waals surface area contributed by atoms with E-state index in [0.717, 1.165) is 12.1 Å². The zero-order valence-electron chi connectivity index (χ0n) is 11.3. The highest BCUT2D eigenvalue weighted by Gasteiger charge is 2.14. The number of hydrogen-bond donors (Lipinski definition) is 0. The summed E-state index contributed by atoms with van der Waals surface area (Å²) in [6, 6.07) is 9.53. The number of amides is 1. The van der Waals surface area contributed by atoms with Crippen LogP contribution in [0.1, 0.15) is 20.3 Å². The summed E-state index contributed by atoms with van der Waals surface area (Å²) in [5, 5.41) is 0. The Labute approximate surface area is 110 Å². The second kappa shape index (κ2) is 6.20. The number of benzene rings is 1. The Kier molecular flexibility index (Phi) is 4.90. The van der Waals surface area contributed by atoms with Crippen LogP contribution in [0.25, 0.3) is 0 Å². The summed E-state index contributed by atoms with van der Waals surface area (Å²) in [5.74, 6) is -0.140. The molecule has 95 valence electrons. The molecule has 1 aromatic carbocycles. The van der Waals surface area contributed by atoms with Crippen LogP contribution in [-0.2, 0) is 4.79 Å². The van der Waals surface area contributed by atoms with E-state index >= 15 is 0 Å². The molecule has 1 radical (unpaired) electrons. The van der Waals surface area contributed by atoms with Crippen molar-refractivity contribution in [1.29, 1.82) is 0 Å². The van der Waals surface area contributed by atoms with Crippen molar-refractivity contribution in [3.8, 4) is 0 Å². The van der Waals surface area contributed by atoms with Crippen LogP contribution in [0.5, 0.6) is 0 Å². The van der Waals surface area contributed by atoms with Crippen LogP contribution in [0.2, 0.25) is 0 Å². The van der Waals surface area contributed by atoms with E-state index in [1.807, 2.05) is 42.5 Å². The molecule has 0 fully saturated rings. The predicted octanol–water partition coefficient (Wildman–Crippen LogP) is 3.61. The largest absolute Gasteiger partial charge is 0.311 e. The van der Waals surface area contributed by atoms with Crippen LogP contribution in [0.4, 0.5) is 5.69 Å². The van der Waals surface area contributed by atoms with Crippen molar-refractivity contribution in [1.82, 2.24) is 0 Å². The van der Waals surface area contributed by atoms with E-state index in [0.29, 0.717) is 0 Å². The summed E-state index contributed by atoms with van der Waals surface area (Å²) < 4.78 is 0. The quantitative estimate of drug-likeness (QED) is 0.570. The van der Waals surface area contributed by atoms with Gasteiger partial charge >= 0.3 is 0 Å². The minimum atomic E-state index is -0.140. The van der Waals surface area contributed by atoms with Crippen LogP contribution in [-0.4, -0.2) is 13.0 Å². The first kappa shape index (κ1) is 14.2. The zero-order chi connectivity index (χ0) is 13.6. The van der Waals surface area contributed by atoms with Gasteiger partial charge in [-0.25, -0.2) is 0 Å².